The number of piperidine rings is 1. The standard InChI is InChI=1S/C12H18N2O3/c1-3-5-9(12(16)17)14-11(15)10-8(2)6-4-7-13-10/h1,8-10,13H,4-7H2,2H3,(H,14,15)(H,16,17). The third kappa shape index (κ3) is 3.75. The Labute approximate surface area is 101 Å². The highest BCUT2D eigenvalue weighted by atomic mass is 16.4. The Bertz CT molecular complexity index is 335. The summed E-state index contributed by atoms with van der Waals surface area (Å²) in [4.78, 5) is 22.8. The highest BCUT2D eigenvalue weighted by molar-refractivity contribution is 5.87. The Kier molecular flexibility index (Phi) is 4.98. The molecule has 3 atom stereocenters. The van der Waals surface area contributed by atoms with Crippen LogP contribution in [0, 0.1) is 18.3 Å². The Morgan fingerprint density at radius 1 is 1.65 bits per heavy atom. The maximum absolute atomic E-state index is 11.9. The van der Waals surface area contributed by atoms with E-state index in [0.717, 1.165) is 19.4 Å². The number of terminal acetylenes is 1. The predicted molar refractivity (Wildman–Crippen MR) is 63.2 cm³/mol. The van der Waals surface area contributed by atoms with Crippen LogP contribution in [0.3, 0.4) is 0 Å². The van der Waals surface area contributed by atoms with E-state index in [2.05, 4.69) is 16.6 Å². The van der Waals surface area contributed by atoms with Crippen molar-refractivity contribution in [3.63, 3.8) is 0 Å². The summed E-state index contributed by atoms with van der Waals surface area (Å²) in [6.45, 7) is 2.77. The van der Waals surface area contributed by atoms with Crippen molar-refractivity contribution in [1.82, 2.24) is 10.6 Å². The van der Waals surface area contributed by atoms with Gasteiger partial charge in [-0.05, 0) is 25.3 Å². The molecular formula is C12H18N2O3. The lowest BCUT2D eigenvalue weighted by atomic mass is 9.92. The fraction of sp³-hybridized carbons (Fsp3) is 0.667. The van der Waals surface area contributed by atoms with Gasteiger partial charge in [0.05, 0.1) is 6.04 Å². The third-order valence-corrected chi connectivity index (χ3v) is 2.99. The maximum atomic E-state index is 11.9. The number of carbonyl (C=O) groups excluding carboxylic acids is 1. The Morgan fingerprint density at radius 2 is 2.35 bits per heavy atom. The zero-order chi connectivity index (χ0) is 12.8. The van der Waals surface area contributed by atoms with Gasteiger partial charge in [0.25, 0.3) is 0 Å². The Hall–Kier alpha value is -1.54. The largest absolute Gasteiger partial charge is 0.480 e. The van der Waals surface area contributed by atoms with Crippen LogP contribution in [0.1, 0.15) is 26.2 Å². The molecule has 5 nitrogen and oxygen atoms in total. The van der Waals surface area contributed by atoms with Crippen molar-refractivity contribution in [2.75, 3.05) is 6.54 Å². The van der Waals surface area contributed by atoms with Crippen LogP contribution in [0.15, 0.2) is 0 Å². The van der Waals surface area contributed by atoms with Gasteiger partial charge in [-0.15, -0.1) is 12.3 Å². The number of hydrogen-bond acceptors (Lipinski definition) is 3. The Morgan fingerprint density at radius 3 is 2.88 bits per heavy atom. The van der Waals surface area contributed by atoms with Crippen LogP contribution in [0.4, 0.5) is 0 Å². The lowest BCUT2D eigenvalue weighted by Gasteiger charge is -2.29. The van der Waals surface area contributed by atoms with Gasteiger partial charge >= 0.3 is 5.97 Å². The molecule has 1 aliphatic rings. The molecule has 1 fully saturated rings. The van der Waals surface area contributed by atoms with Gasteiger partial charge in [0.2, 0.25) is 5.91 Å². The van der Waals surface area contributed by atoms with E-state index < -0.39 is 12.0 Å². The highest BCUT2D eigenvalue weighted by Crippen LogP contribution is 2.15. The molecule has 17 heavy (non-hydrogen) atoms. The molecule has 0 aromatic carbocycles. The number of carboxylic acid groups (broad SMARTS) is 1. The minimum absolute atomic E-state index is 0.00216. The molecule has 0 bridgehead atoms. The summed E-state index contributed by atoms with van der Waals surface area (Å²) >= 11 is 0. The van der Waals surface area contributed by atoms with Crippen LogP contribution < -0.4 is 10.6 Å². The average Bonchev–Trinajstić information content (AvgIpc) is 2.28. The predicted octanol–water partition coefficient (Wildman–Crippen LogP) is -0.0328. The molecule has 0 radical (unpaired) electrons. The monoisotopic (exact) mass is 238 g/mol. The van der Waals surface area contributed by atoms with Gasteiger partial charge in [-0.1, -0.05) is 6.92 Å². The summed E-state index contributed by atoms with van der Waals surface area (Å²) in [6.07, 6.45) is 7.08. The van der Waals surface area contributed by atoms with Crippen LogP contribution in [0.2, 0.25) is 0 Å². The van der Waals surface area contributed by atoms with Crippen LogP contribution >= 0.6 is 0 Å². The maximum Gasteiger partial charge on any atom is 0.327 e. The van der Waals surface area contributed by atoms with Crippen LogP contribution in [-0.4, -0.2) is 35.6 Å². The minimum atomic E-state index is -1.10. The fourth-order valence-corrected chi connectivity index (χ4v) is 1.98. The normalized spacial score (nSPS) is 25.6. The van der Waals surface area contributed by atoms with E-state index in [0.29, 0.717) is 0 Å². The number of carboxylic acids is 1. The third-order valence-electron chi connectivity index (χ3n) is 2.99. The van der Waals surface area contributed by atoms with Crippen molar-refractivity contribution in [2.24, 2.45) is 5.92 Å². The van der Waals surface area contributed by atoms with E-state index in [-0.39, 0.29) is 24.3 Å². The van der Waals surface area contributed by atoms with Crippen molar-refractivity contribution in [3.8, 4) is 12.3 Å². The molecule has 0 aromatic rings. The number of nitrogens with one attached hydrogen (secondary N) is 2. The first-order valence-corrected chi connectivity index (χ1v) is 5.76. The number of carbonyl (C=O) groups is 2. The van der Waals surface area contributed by atoms with E-state index in [1.54, 1.807) is 0 Å². The Balaban J connectivity index is 2.57. The smallest absolute Gasteiger partial charge is 0.327 e. The van der Waals surface area contributed by atoms with Crippen molar-refractivity contribution >= 4 is 11.9 Å². The van der Waals surface area contributed by atoms with E-state index >= 15 is 0 Å². The van der Waals surface area contributed by atoms with Gasteiger partial charge in [-0.2, -0.15) is 0 Å². The minimum Gasteiger partial charge on any atom is -0.480 e. The molecular weight excluding hydrogens is 220 g/mol. The van der Waals surface area contributed by atoms with E-state index in [4.69, 9.17) is 11.5 Å². The zero-order valence-electron chi connectivity index (χ0n) is 9.90. The SMILES string of the molecule is C#CCC(NC(=O)C1NCCCC1C)C(=O)O. The second-order valence-electron chi connectivity index (χ2n) is 4.36. The van der Waals surface area contributed by atoms with Crippen molar-refractivity contribution in [1.29, 1.82) is 0 Å². The summed E-state index contributed by atoms with van der Waals surface area (Å²) in [7, 11) is 0. The quantitative estimate of drug-likeness (QED) is 0.601. The topological polar surface area (TPSA) is 78.4 Å². The first kappa shape index (κ1) is 13.5. The molecule has 1 rings (SSSR count). The van der Waals surface area contributed by atoms with Crippen molar-refractivity contribution in [3.05, 3.63) is 0 Å². The molecule has 3 N–H and O–H groups in total. The molecule has 1 heterocycles. The summed E-state index contributed by atoms with van der Waals surface area (Å²) < 4.78 is 0. The summed E-state index contributed by atoms with van der Waals surface area (Å²) in [5.41, 5.74) is 0. The first-order valence-electron chi connectivity index (χ1n) is 5.76. The van der Waals surface area contributed by atoms with Gasteiger partial charge < -0.3 is 15.7 Å². The van der Waals surface area contributed by atoms with Crippen LogP contribution in [-0.2, 0) is 9.59 Å². The molecule has 3 unspecified atom stereocenters. The molecule has 1 saturated heterocycles. The fourth-order valence-electron chi connectivity index (χ4n) is 1.98. The average molecular weight is 238 g/mol. The number of amides is 1. The first-order chi connectivity index (χ1) is 8.06. The molecule has 0 spiro atoms. The molecule has 0 aliphatic carbocycles. The lowest BCUT2D eigenvalue weighted by molar-refractivity contribution is -0.142. The molecule has 5 heteroatoms. The van der Waals surface area contributed by atoms with Crippen molar-refractivity contribution in [2.45, 2.75) is 38.3 Å². The van der Waals surface area contributed by atoms with Gasteiger partial charge in [0.15, 0.2) is 0 Å². The number of hydrogen-bond donors (Lipinski definition) is 3. The zero-order valence-corrected chi connectivity index (χ0v) is 9.90. The molecule has 1 amide bonds. The van der Waals surface area contributed by atoms with Gasteiger partial charge in [0.1, 0.15) is 6.04 Å². The van der Waals surface area contributed by atoms with Crippen LogP contribution in [0.5, 0.6) is 0 Å². The van der Waals surface area contributed by atoms with E-state index in [9.17, 15) is 9.59 Å². The summed E-state index contributed by atoms with van der Waals surface area (Å²) in [5.74, 6) is 1.09. The van der Waals surface area contributed by atoms with E-state index in [1.165, 1.54) is 0 Å². The molecule has 1 aliphatic heterocycles. The van der Waals surface area contributed by atoms with Crippen molar-refractivity contribution < 1.29 is 14.7 Å². The van der Waals surface area contributed by atoms with Gasteiger partial charge in [-0.25, -0.2) is 4.79 Å². The van der Waals surface area contributed by atoms with Crippen LogP contribution in [0.25, 0.3) is 0 Å². The number of aliphatic carboxylic acids is 1. The summed E-state index contributed by atoms with van der Waals surface area (Å²) in [5, 5.41) is 14.5. The lowest BCUT2D eigenvalue weighted by Crippen LogP contribution is -2.54. The van der Waals surface area contributed by atoms with Gasteiger partial charge in [0, 0.05) is 6.42 Å². The molecule has 0 saturated carbocycles. The van der Waals surface area contributed by atoms with Gasteiger partial charge in [-0.3, -0.25) is 4.79 Å². The van der Waals surface area contributed by atoms with E-state index in [1.807, 2.05) is 6.92 Å². The second kappa shape index (κ2) is 6.26. The highest BCUT2D eigenvalue weighted by Gasteiger charge is 2.30. The molecule has 94 valence electrons. The summed E-state index contributed by atoms with van der Waals surface area (Å²) in [6, 6.07) is -1.31. The second-order valence-corrected chi connectivity index (χ2v) is 4.36. The molecule has 0 aromatic heterocycles. The number of rotatable bonds is 4.